The molecular weight excluding hydrogens is 437 g/mol. The summed E-state index contributed by atoms with van der Waals surface area (Å²) >= 11 is 12.4. The predicted octanol–water partition coefficient (Wildman–Crippen LogP) is 3.18. The van der Waals surface area contributed by atoms with E-state index in [9.17, 15) is 9.59 Å². The molecule has 7 nitrogen and oxygen atoms in total. The fraction of sp³-hybridized carbons (Fsp3) is 0.364. The van der Waals surface area contributed by atoms with Crippen molar-refractivity contribution in [3.05, 3.63) is 64.1 Å². The molecule has 3 fully saturated rings. The van der Waals surface area contributed by atoms with Gasteiger partial charge in [0.15, 0.2) is 0 Å². The van der Waals surface area contributed by atoms with Crippen LogP contribution < -0.4 is 10.2 Å². The number of nitrogens with zero attached hydrogens (tertiary/aromatic N) is 4. The number of carbonyl (C=O) groups excluding carboxylic acids is 2. The average Bonchev–Trinajstić information content (AvgIpc) is 3.17. The molecule has 0 aromatic heterocycles. The highest BCUT2D eigenvalue weighted by Crippen LogP contribution is 2.34. The molecule has 3 amide bonds. The van der Waals surface area contributed by atoms with Gasteiger partial charge in [0.1, 0.15) is 18.5 Å². The summed E-state index contributed by atoms with van der Waals surface area (Å²) in [4.78, 5) is 34.0. The molecule has 9 heteroatoms. The van der Waals surface area contributed by atoms with Gasteiger partial charge in [-0.3, -0.25) is 19.9 Å². The summed E-state index contributed by atoms with van der Waals surface area (Å²) in [5.41, 5.74) is 1.78. The lowest BCUT2D eigenvalue weighted by molar-refractivity contribution is -0.139. The zero-order valence-corrected chi connectivity index (χ0v) is 18.6. The van der Waals surface area contributed by atoms with Crippen LogP contribution in [0.25, 0.3) is 0 Å². The van der Waals surface area contributed by atoms with Gasteiger partial charge in [0.25, 0.3) is 5.91 Å². The Hall–Kier alpha value is -2.32. The van der Waals surface area contributed by atoms with Gasteiger partial charge in [-0.1, -0.05) is 41.4 Å². The predicted molar refractivity (Wildman–Crippen MR) is 120 cm³/mol. The monoisotopic (exact) mass is 459 g/mol. The maximum atomic E-state index is 13.5. The lowest BCUT2D eigenvalue weighted by Crippen LogP contribution is -2.66. The largest absolute Gasteiger partial charge is 0.343 e. The van der Waals surface area contributed by atoms with Gasteiger partial charge in [-0.15, -0.1) is 0 Å². The van der Waals surface area contributed by atoms with E-state index < -0.39 is 6.04 Å². The lowest BCUT2D eigenvalue weighted by atomic mass is 10.1. The summed E-state index contributed by atoms with van der Waals surface area (Å²) in [6.07, 6.45) is 0.351. The SMILES string of the molecule is CN1C(=O)N(Cc2ccccc2Cl)C(=O)C2C1NC1N(c3ccc(Cl)cc3)CCCN21. The molecule has 0 saturated carbocycles. The van der Waals surface area contributed by atoms with Crippen molar-refractivity contribution in [2.75, 3.05) is 25.0 Å². The van der Waals surface area contributed by atoms with Crippen LogP contribution >= 0.6 is 23.2 Å². The van der Waals surface area contributed by atoms with Gasteiger partial charge in [-0.25, -0.2) is 4.79 Å². The fourth-order valence-electron chi connectivity index (χ4n) is 4.76. The summed E-state index contributed by atoms with van der Waals surface area (Å²) in [6.45, 7) is 1.78. The van der Waals surface area contributed by atoms with Gasteiger partial charge in [0, 0.05) is 35.9 Å². The summed E-state index contributed by atoms with van der Waals surface area (Å²) in [5.74, 6) is -0.194. The number of hydrogen-bond donors (Lipinski definition) is 1. The number of benzene rings is 2. The molecule has 31 heavy (non-hydrogen) atoms. The second kappa shape index (κ2) is 7.98. The highest BCUT2D eigenvalue weighted by atomic mass is 35.5. The van der Waals surface area contributed by atoms with Crippen molar-refractivity contribution in [2.45, 2.75) is 31.5 Å². The number of carbonyl (C=O) groups is 2. The number of urea groups is 1. The van der Waals surface area contributed by atoms with Crippen LogP contribution in [0.1, 0.15) is 12.0 Å². The number of halogens is 2. The Kier molecular flexibility index (Phi) is 5.30. The number of fused-ring (bicyclic) bond motifs is 3. The van der Waals surface area contributed by atoms with E-state index in [0.29, 0.717) is 10.0 Å². The van der Waals surface area contributed by atoms with Crippen LogP contribution in [0.4, 0.5) is 10.5 Å². The standard InChI is InChI=1S/C22H23Cl2N5O2/c1-26-19-18(20(30)29(22(26)31)13-14-5-2-3-6-17(14)24)28-12-4-11-27(21(28)25-19)16-9-7-15(23)8-10-16/h2-3,5-10,18-19,21,25H,4,11-13H2,1H3. The molecule has 3 aliphatic rings. The molecule has 3 saturated heterocycles. The number of imide groups is 1. The molecule has 2 aromatic rings. The quantitative estimate of drug-likeness (QED) is 0.763. The Morgan fingerprint density at radius 2 is 1.77 bits per heavy atom. The highest BCUT2D eigenvalue weighted by molar-refractivity contribution is 6.31. The first kappa shape index (κ1) is 20.6. The second-order valence-electron chi connectivity index (χ2n) is 8.10. The molecule has 162 valence electrons. The van der Waals surface area contributed by atoms with Crippen LogP contribution in [-0.4, -0.2) is 65.3 Å². The molecule has 5 rings (SSSR count). The van der Waals surface area contributed by atoms with Gasteiger partial charge < -0.3 is 9.80 Å². The molecule has 1 N–H and O–H groups in total. The smallest absolute Gasteiger partial charge is 0.328 e. The Morgan fingerprint density at radius 1 is 1.03 bits per heavy atom. The molecule has 0 bridgehead atoms. The van der Waals surface area contributed by atoms with Crippen molar-refractivity contribution in [1.29, 1.82) is 0 Å². The first-order chi connectivity index (χ1) is 15.0. The molecule has 3 unspecified atom stereocenters. The minimum absolute atomic E-state index is 0.157. The number of likely N-dealkylation sites (N-methyl/N-ethyl adjacent to an activating group) is 1. The van der Waals surface area contributed by atoms with Crippen LogP contribution in [0, 0.1) is 0 Å². The number of anilines is 1. The molecule has 2 aromatic carbocycles. The minimum atomic E-state index is -0.453. The normalized spacial score (nSPS) is 26.3. The zero-order chi connectivity index (χ0) is 21.7. The van der Waals surface area contributed by atoms with E-state index in [1.54, 1.807) is 18.0 Å². The molecule has 0 radical (unpaired) electrons. The van der Waals surface area contributed by atoms with E-state index in [0.717, 1.165) is 30.8 Å². The first-order valence-corrected chi connectivity index (χ1v) is 11.1. The maximum Gasteiger partial charge on any atom is 0.328 e. The Bertz CT molecular complexity index is 1020. The summed E-state index contributed by atoms with van der Waals surface area (Å²) < 4.78 is 0. The van der Waals surface area contributed by atoms with Crippen LogP contribution in [0.2, 0.25) is 10.0 Å². The van der Waals surface area contributed by atoms with Crippen molar-refractivity contribution in [3.63, 3.8) is 0 Å². The third-order valence-corrected chi connectivity index (χ3v) is 6.94. The first-order valence-electron chi connectivity index (χ1n) is 10.3. The summed E-state index contributed by atoms with van der Waals surface area (Å²) in [6, 6.07) is 14.2. The number of hydrogen-bond acceptors (Lipinski definition) is 5. The molecule has 0 aliphatic carbocycles. The molecular formula is C22H23Cl2N5O2. The van der Waals surface area contributed by atoms with E-state index in [1.807, 2.05) is 42.5 Å². The van der Waals surface area contributed by atoms with E-state index in [-0.39, 0.29) is 30.9 Å². The second-order valence-corrected chi connectivity index (χ2v) is 8.94. The Balaban J connectivity index is 1.44. The highest BCUT2D eigenvalue weighted by Gasteiger charge is 2.56. The van der Waals surface area contributed by atoms with E-state index in [4.69, 9.17) is 23.2 Å². The van der Waals surface area contributed by atoms with E-state index in [1.165, 1.54) is 4.90 Å². The van der Waals surface area contributed by atoms with Crippen LogP contribution in [0.15, 0.2) is 48.5 Å². The van der Waals surface area contributed by atoms with Crippen LogP contribution in [0.5, 0.6) is 0 Å². The Morgan fingerprint density at radius 3 is 2.52 bits per heavy atom. The van der Waals surface area contributed by atoms with Gasteiger partial charge in [-0.2, -0.15) is 0 Å². The third kappa shape index (κ3) is 3.46. The summed E-state index contributed by atoms with van der Waals surface area (Å²) in [7, 11) is 1.74. The molecule has 3 heterocycles. The summed E-state index contributed by atoms with van der Waals surface area (Å²) in [5, 5.41) is 4.74. The molecule has 3 aliphatic heterocycles. The minimum Gasteiger partial charge on any atom is -0.343 e. The van der Waals surface area contributed by atoms with Crippen molar-refractivity contribution in [1.82, 2.24) is 20.0 Å². The zero-order valence-electron chi connectivity index (χ0n) is 17.0. The Labute approximate surface area is 191 Å². The van der Waals surface area contributed by atoms with Gasteiger partial charge in [0.05, 0.1) is 6.54 Å². The van der Waals surface area contributed by atoms with Crippen molar-refractivity contribution >= 4 is 40.8 Å². The topological polar surface area (TPSA) is 59.1 Å². The van der Waals surface area contributed by atoms with E-state index >= 15 is 0 Å². The number of rotatable bonds is 3. The average molecular weight is 460 g/mol. The van der Waals surface area contributed by atoms with E-state index in [2.05, 4.69) is 15.1 Å². The lowest BCUT2D eigenvalue weighted by Gasteiger charge is -2.44. The van der Waals surface area contributed by atoms with Crippen LogP contribution in [0.3, 0.4) is 0 Å². The van der Waals surface area contributed by atoms with Crippen molar-refractivity contribution in [2.24, 2.45) is 0 Å². The molecule has 3 atom stereocenters. The van der Waals surface area contributed by atoms with Crippen molar-refractivity contribution in [3.8, 4) is 0 Å². The van der Waals surface area contributed by atoms with Gasteiger partial charge in [0.2, 0.25) is 0 Å². The maximum absolute atomic E-state index is 13.5. The molecule has 0 spiro atoms. The van der Waals surface area contributed by atoms with Crippen LogP contribution in [-0.2, 0) is 11.3 Å². The van der Waals surface area contributed by atoms with Crippen molar-refractivity contribution < 1.29 is 9.59 Å². The fourth-order valence-corrected chi connectivity index (χ4v) is 5.08. The number of nitrogens with one attached hydrogen (secondary N) is 1. The number of amides is 3. The van der Waals surface area contributed by atoms with Gasteiger partial charge in [-0.05, 0) is 42.3 Å². The third-order valence-electron chi connectivity index (χ3n) is 6.31. The van der Waals surface area contributed by atoms with Gasteiger partial charge >= 0.3 is 6.03 Å².